The zero-order chi connectivity index (χ0) is 16.2. The van der Waals surface area contributed by atoms with Crippen LogP contribution in [0, 0.1) is 6.92 Å². The fraction of sp³-hybridized carbons (Fsp3) is 0.133. The molecular formula is C15H13N5O2S. The molecule has 0 aliphatic carbocycles. The third kappa shape index (κ3) is 3.32. The van der Waals surface area contributed by atoms with Gasteiger partial charge in [0.2, 0.25) is 0 Å². The number of pyridine rings is 1. The maximum atomic E-state index is 12.1. The Kier molecular flexibility index (Phi) is 4.24. The van der Waals surface area contributed by atoms with E-state index >= 15 is 0 Å². The lowest BCUT2D eigenvalue weighted by Gasteiger charge is -2.02. The Balaban J connectivity index is 1.76. The van der Waals surface area contributed by atoms with Crippen LogP contribution in [-0.2, 0) is 0 Å². The van der Waals surface area contributed by atoms with Crippen LogP contribution in [0.2, 0.25) is 0 Å². The third-order valence-electron chi connectivity index (χ3n) is 3.08. The number of hydrogen-bond acceptors (Lipinski definition) is 7. The summed E-state index contributed by atoms with van der Waals surface area (Å²) in [7, 11) is 1.46. The topological polar surface area (TPSA) is 89.9 Å². The Morgan fingerprint density at radius 3 is 2.74 bits per heavy atom. The van der Waals surface area contributed by atoms with E-state index < -0.39 is 0 Å². The van der Waals surface area contributed by atoms with Crippen molar-refractivity contribution in [2.45, 2.75) is 6.92 Å². The Hall–Kier alpha value is -2.87. The Morgan fingerprint density at radius 2 is 2.04 bits per heavy atom. The van der Waals surface area contributed by atoms with E-state index in [1.54, 1.807) is 6.20 Å². The average molecular weight is 327 g/mol. The number of carbonyl (C=O) groups excluding carboxylic acids is 1. The molecule has 23 heavy (non-hydrogen) atoms. The summed E-state index contributed by atoms with van der Waals surface area (Å²) >= 11 is 1.35. The van der Waals surface area contributed by atoms with Crippen molar-refractivity contribution < 1.29 is 9.53 Å². The van der Waals surface area contributed by atoms with Gasteiger partial charge in [0.1, 0.15) is 0 Å². The van der Waals surface area contributed by atoms with Crippen molar-refractivity contribution in [3.8, 4) is 17.3 Å². The number of aryl methyl sites for hydroxylation is 1. The molecule has 0 aromatic carbocycles. The predicted molar refractivity (Wildman–Crippen MR) is 86.6 cm³/mol. The second-order valence-corrected chi connectivity index (χ2v) is 5.44. The summed E-state index contributed by atoms with van der Waals surface area (Å²) < 4.78 is 4.86. The number of aromatic nitrogens is 4. The summed E-state index contributed by atoms with van der Waals surface area (Å²) in [5.41, 5.74) is 2.94. The molecule has 8 heteroatoms. The molecule has 0 fully saturated rings. The Labute approximate surface area is 136 Å². The lowest BCUT2D eigenvalue weighted by molar-refractivity contribution is 0.102. The fourth-order valence-electron chi connectivity index (χ4n) is 1.92. The van der Waals surface area contributed by atoms with Gasteiger partial charge in [-0.1, -0.05) is 0 Å². The quantitative estimate of drug-likeness (QED) is 0.792. The van der Waals surface area contributed by atoms with E-state index in [2.05, 4.69) is 25.3 Å². The van der Waals surface area contributed by atoms with Crippen LogP contribution in [0.3, 0.4) is 0 Å². The highest BCUT2D eigenvalue weighted by Crippen LogP contribution is 2.26. The van der Waals surface area contributed by atoms with Gasteiger partial charge in [-0.3, -0.25) is 15.1 Å². The number of methoxy groups -OCH3 is 1. The van der Waals surface area contributed by atoms with Crippen LogP contribution >= 0.6 is 11.3 Å². The van der Waals surface area contributed by atoms with Crippen LogP contribution in [0.4, 0.5) is 5.13 Å². The minimum atomic E-state index is -0.323. The van der Waals surface area contributed by atoms with Crippen LogP contribution < -0.4 is 10.1 Å². The van der Waals surface area contributed by atoms with Crippen LogP contribution in [0.1, 0.15) is 16.1 Å². The van der Waals surface area contributed by atoms with Gasteiger partial charge in [0.15, 0.2) is 5.13 Å². The number of carbonyl (C=O) groups is 1. The highest BCUT2D eigenvalue weighted by Gasteiger charge is 2.12. The third-order valence-corrected chi connectivity index (χ3v) is 3.84. The van der Waals surface area contributed by atoms with Crippen LogP contribution in [-0.4, -0.2) is 33.0 Å². The van der Waals surface area contributed by atoms with Gasteiger partial charge < -0.3 is 4.74 Å². The van der Waals surface area contributed by atoms with E-state index in [0.29, 0.717) is 10.7 Å². The van der Waals surface area contributed by atoms with E-state index in [1.807, 2.05) is 24.4 Å². The van der Waals surface area contributed by atoms with Crippen LogP contribution in [0.5, 0.6) is 6.01 Å². The van der Waals surface area contributed by atoms with E-state index in [9.17, 15) is 4.79 Å². The maximum absolute atomic E-state index is 12.1. The molecular weight excluding hydrogens is 314 g/mol. The molecule has 116 valence electrons. The molecule has 0 radical (unpaired) electrons. The molecule has 7 nitrogen and oxygen atoms in total. The normalized spacial score (nSPS) is 10.3. The van der Waals surface area contributed by atoms with Gasteiger partial charge in [-0.25, -0.2) is 15.0 Å². The number of amides is 1. The van der Waals surface area contributed by atoms with E-state index in [-0.39, 0.29) is 11.9 Å². The zero-order valence-electron chi connectivity index (χ0n) is 12.5. The summed E-state index contributed by atoms with van der Waals surface area (Å²) in [6.45, 7) is 1.92. The molecule has 3 heterocycles. The molecule has 1 amide bonds. The molecule has 0 aliphatic heterocycles. The number of ether oxygens (including phenoxy) is 1. The van der Waals surface area contributed by atoms with Crippen molar-refractivity contribution in [3.05, 3.63) is 47.4 Å². The lowest BCUT2D eigenvalue weighted by Crippen LogP contribution is -2.12. The molecule has 3 aromatic heterocycles. The van der Waals surface area contributed by atoms with Crippen molar-refractivity contribution in [2.75, 3.05) is 12.4 Å². The van der Waals surface area contributed by atoms with Crippen molar-refractivity contribution in [3.63, 3.8) is 0 Å². The molecule has 3 rings (SSSR count). The second-order valence-electron chi connectivity index (χ2n) is 4.59. The first kappa shape index (κ1) is 15.0. The second kappa shape index (κ2) is 6.49. The molecule has 0 saturated heterocycles. The molecule has 0 aliphatic rings. The van der Waals surface area contributed by atoms with Gasteiger partial charge >= 0.3 is 6.01 Å². The van der Waals surface area contributed by atoms with Gasteiger partial charge in [0.25, 0.3) is 5.91 Å². The van der Waals surface area contributed by atoms with Gasteiger partial charge in [-0.15, -0.1) is 11.3 Å². The average Bonchev–Trinajstić information content (AvgIpc) is 3.03. The van der Waals surface area contributed by atoms with E-state index in [1.165, 1.54) is 30.8 Å². The first-order chi connectivity index (χ1) is 11.2. The fourth-order valence-corrected chi connectivity index (χ4v) is 2.62. The van der Waals surface area contributed by atoms with Gasteiger partial charge in [0.05, 0.1) is 18.4 Å². The SMILES string of the molecule is COc1ncc(C(=O)Nc2nc(-c3cccnc3C)cs2)cn1. The lowest BCUT2D eigenvalue weighted by atomic mass is 10.1. The molecule has 0 spiro atoms. The van der Waals surface area contributed by atoms with Crippen molar-refractivity contribution >= 4 is 22.4 Å². The van der Waals surface area contributed by atoms with Crippen molar-refractivity contribution in [1.29, 1.82) is 0 Å². The van der Waals surface area contributed by atoms with Gasteiger partial charge in [0, 0.05) is 35.2 Å². The monoisotopic (exact) mass is 327 g/mol. The first-order valence-electron chi connectivity index (χ1n) is 6.72. The molecule has 1 N–H and O–H groups in total. The number of anilines is 1. The number of hydrogen-bond donors (Lipinski definition) is 1. The summed E-state index contributed by atoms with van der Waals surface area (Å²) in [4.78, 5) is 28.6. The van der Waals surface area contributed by atoms with Crippen LogP contribution in [0.15, 0.2) is 36.1 Å². The highest BCUT2D eigenvalue weighted by molar-refractivity contribution is 7.14. The summed E-state index contributed by atoms with van der Waals surface area (Å²) in [6, 6.07) is 4.01. The molecule has 0 saturated carbocycles. The summed E-state index contributed by atoms with van der Waals surface area (Å²) in [6.07, 6.45) is 4.54. The van der Waals surface area contributed by atoms with E-state index in [0.717, 1.165) is 17.0 Å². The Morgan fingerprint density at radius 1 is 1.26 bits per heavy atom. The molecule has 3 aromatic rings. The minimum absolute atomic E-state index is 0.213. The van der Waals surface area contributed by atoms with Gasteiger partial charge in [-0.2, -0.15) is 0 Å². The largest absolute Gasteiger partial charge is 0.467 e. The predicted octanol–water partition coefficient (Wildman–Crippen LogP) is 2.56. The number of nitrogens with one attached hydrogen (secondary N) is 1. The van der Waals surface area contributed by atoms with Gasteiger partial charge in [-0.05, 0) is 19.1 Å². The van der Waals surface area contributed by atoms with Crippen LogP contribution in [0.25, 0.3) is 11.3 Å². The van der Waals surface area contributed by atoms with E-state index in [4.69, 9.17) is 4.74 Å². The van der Waals surface area contributed by atoms with Crippen molar-refractivity contribution in [1.82, 2.24) is 19.9 Å². The molecule has 0 bridgehead atoms. The smallest absolute Gasteiger partial charge is 0.316 e. The Bertz CT molecular complexity index is 832. The number of rotatable bonds is 4. The number of nitrogens with zero attached hydrogens (tertiary/aromatic N) is 4. The van der Waals surface area contributed by atoms with Crippen molar-refractivity contribution in [2.24, 2.45) is 0 Å². The zero-order valence-corrected chi connectivity index (χ0v) is 13.3. The molecule has 0 atom stereocenters. The molecule has 0 unspecified atom stereocenters. The maximum Gasteiger partial charge on any atom is 0.316 e. The standard InChI is InChI=1S/C15H13N5O2S/c1-9-11(4-3-5-16-9)12-8-23-15(19-12)20-13(21)10-6-17-14(22-2)18-7-10/h3-8H,1-2H3,(H,19,20,21). The summed E-state index contributed by atoms with van der Waals surface area (Å²) in [5.74, 6) is -0.323. The summed E-state index contributed by atoms with van der Waals surface area (Å²) in [5, 5.41) is 5.12. The highest BCUT2D eigenvalue weighted by atomic mass is 32.1. The first-order valence-corrected chi connectivity index (χ1v) is 7.60. The minimum Gasteiger partial charge on any atom is -0.467 e. The number of thiazole rings is 1.